The highest BCUT2D eigenvalue weighted by Crippen LogP contribution is 2.32. The summed E-state index contributed by atoms with van der Waals surface area (Å²) in [6, 6.07) is 8.06. The third-order valence-corrected chi connectivity index (χ3v) is 4.38. The molecule has 1 aromatic rings. The number of imide groups is 1. The minimum atomic E-state index is -0.377. The van der Waals surface area contributed by atoms with Crippen molar-refractivity contribution in [1.29, 1.82) is 0 Å². The smallest absolute Gasteiger partial charge is 0.321 e. The van der Waals surface area contributed by atoms with Crippen molar-refractivity contribution < 1.29 is 14.3 Å². The third-order valence-electron chi connectivity index (χ3n) is 4.38. The molecular formula is C17H23N3O3. The van der Waals surface area contributed by atoms with Gasteiger partial charge in [-0.05, 0) is 49.9 Å². The lowest BCUT2D eigenvalue weighted by Crippen LogP contribution is -2.45. The van der Waals surface area contributed by atoms with Gasteiger partial charge in [-0.25, -0.2) is 4.79 Å². The molecule has 6 heteroatoms. The normalized spacial score (nSPS) is 21.0. The number of hydrogen-bond acceptors (Lipinski definition) is 4. The van der Waals surface area contributed by atoms with Gasteiger partial charge in [-0.2, -0.15) is 0 Å². The SMILES string of the molecule is COc1ccc(C2CCCN2CC(=O)NC(=O)NC2CC2)cc1. The molecule has 1 saturated heterocycles. The zero-order valence-corrected chi connectivity index (χ0v) is 13.4. The second-order valence-corrected chi connectivity index (χ2v) is 6.20. The molecule has 2 N–H and O–H groups in total. The van der Waals surface area contributed by atoms with Crippen molar-refractivity contribution in [3.8, 4) is 5.75 Å². The fourth-order valence-electron chi connectivity index (χ4n) is 3.02. The van der Waals surface area contributed by atoms with Crippen LogP contribution in [0.3, 0.4) is 0 Å². The number of carbonyl (C=O) groups is 2. The first-order valence-corrected chi connectivity index (χ1v) is 8.14. The topological polar surface area (TPSA) is 70.7 Å². The van der Waals surface area contributed by atoms with Crippen molar-refractivity contribution >= 4 is 11.9 Å². The lowest BCUT2D eigenvalue weighted by atomic mass is 10.0. The van der Waals surface area contributed by atoms with Crippen molar-refractivity contribution in [3.05, 3.63) is 29.8 Å². The largest absolute Gasteiger partial charge is 0.497 e. The summed E-state index contributed by atoms with van der Waals surface area (Å²) in [7, 11) is 1.65. The van der Waals surface area contributed by atoms with E-state index < -0.39 is 0 Å². The number of carbonyl (C=O) groups excluding carboxylic acids is 2. The van der Waals surface area contributed by atoms with Crippen LogP contribution in [-0.4, -0.2) is 43.1 Å². The van der Waals surface area contributed by atoms with Gasteiger partial charge < -0.3 is 10.1 Å². The van der Waals surface area contributed by atoms with Gasteiger partial charge >= 0.3 is 6.03 Å². The molecule has 6 nitrogen and oxygen atoms in total. The number of hydrogen-bond donors (Lipinski definition) is 2. The Morgan fingerprint density at radius 3 is 2.61 bits per heavy atom. The molecule has 2 aliphatic rings. The Labute approximate surface area is 136 Å². The van der Waals surface area contributed by atoms with Gasteiger partial charge in [0, 0.05) is 12.1 Å². The van der Waals surface area contributed by atoms with Crippen molar-refractivity contribution in [2.75, 3.05) is 20.2 Å². The first-order chi connectivity index (χ1) is 11.2. The minimum Gasteiger partial charge on any atom is -0.497 e. The molecule has 1 aromatic carbocycles. The summed E-state index contributed by atoms with van der Waals surface area (Å²) in [5.74, 6) is 0.580. The number of nitrogens with one attached hydrogen (secondary N) is 2. The van der Waals surface area contributed by atoms with E-state index in [9.17, 15) is 9.59 Å². The van der Waals surface area contributed by atoms with E-state index in [0.717, 1.165) is 38.0 Å². The van der Waals surface area contributed by atoms with Crippen LogP contribution in [-0.2, 0) is 4.79 Å². The Morgan fingerprint density at radius 2 is 1.96 bits per heavy atom. The number of likely N-dealkylation sites (tertiary alicyclic amines) is 1. The summed E-state index contributed by atoms with van der Waals surface area (Å²) < 4.78 is 5.18. The molecular weight excluding hydrogens is 294 g/mol. The molecule has 0 aromatic heterocycles. The molecule has 23 heavy (non-hydrogen) atoms. The summed E-state index contributed by atoms with van der Waals surface area (Å²) in [6.45, 7) is 1.11. The summed E-state index contributed by atoms with van der Waals surface area (Å²) in [6.07, 6.45) is 4.09. The van der Waals surface area contributed by atoms with Crippen molar-refractivity contribution in [1.82, 2.24) is 15.5 Å². The zero-order chi connectivity index (χ0) is 16.2. The first kappa shape index (κ1) is 15.8. The van der Waals surface area contributed by atoms with Crippen LogP contribution < -0.4 is 15.4 Å². The lowest BCUT2D eigenvalue weighted by molar-refractivity contribution is -0.121. The van der Waals surface area contributed by atoms with E-state index in [1.165, 1.54) is 5.56 Å². The molecule has 1 saturated carbocycles. The summed E-state index contributed by atoms with van der Waals surface area (Å²) in [4.78, 5) is 25.8. The van der Waals surface area contributed by atoms with Crippen LogP contribution in [0, 0.1) is 0 Å². The van der Waals surface area contributed by atoms with Crippen LogP contribution in [0.15, 0.2) is 24.3 Å². The van der Waals surface area contributed by atoms with Crippen molar-refractivity contribution in [3.63, 3.8) is 0 Å². The molecule has 0 radical (unpaired) electrons. The summed E-state index contributed by atoms with van der Waals surface area (Å²) in [5, 5.41) is 5.18. The molecule has 0 bridgehead atoms. The molecule has 1 heterocycles. The lowest BCUT2D eigenvalue weighted by Gasteiger charge is -2.24. The van der Waals surface area contributed by atoms with Crippen molar-refractivity contribution in [2.45, 2.75) is 37.8 Å². The van der Waals surface area contributed by atoms with Crippen LogP contribution in [0.5, 0.6) is 5.75 Å². The molecule has 1 aliphatic heterocycles. The van der Waals surface area contributed by atoms with Crippen LogP contribution in [0.25, 0.3) is 0 Å². The molecule has 3 rings (SSSR count). The van der Waals surface area contributed by atoms with E-state index >= 15 is 0 Å². The van der Waals surface area contributed by atoms with Gasteiger partial charge in [0.1, 0.15) is 5.75 Å². The second kappa shape index (κ2) is 7.00. The van der Waals surface area contributed by atoms with Gasteiger partial charge in [0.05, 0.1) is 13.7 Å². The van der Waals surface area contributed by atoms with Gasteiger partial charge in [-0.15, -0.1) is 0 Å². The van der Waals surface area contributed by atoms with E-state index in [1.54, 1.807) is 7.11 Å². The fourth-order valence-corrected chi connectivity index (χ4v) is 3.02. The Kier molecular flexibility index (Phi) is 4.81. The Bertz CT molecular complexity index is 569. The highest BCUT2D eigenvalue weighted by molar-refractivity contribution is 5.95. The van der Waals surface area contributed by atoms with Crippen LogP contribution >= 0.6 is 0 Å². The van der Waals surface area contributed by atoms with Gasteiger partial charge in [0.25, 0.3) is 0 Å². The number of urea groups is 1. The molecule has 0 spiro atoms. The van der Waals surface area contributed by atoms with Crippen molar-refractivity contribution in [2.24, 2.45) is 0 Å². The van der Waals surface area contributed by atoms with Gasteiger partial charge in [0.15, 0.2) is 0 Å². The van der Waals surface area contributed by atoms with E-state index in [0.29, 0.717) is 0 Å². The van der Waals surface area contributed by atoms with Crippen LogP contribution in [0.4, 0.5) is 4.79 Å². The predicted octanol–water partition coefficient (Wildman–Crippen LogP) is 1.82. The number of methoxy groups -OCH3 is 1. The maximum atomic E-state index is 12.1. The number of ether oxygens (including phenoxy) is 1. The van der Waals surface area contributed by atoms with Gasteiger partial charge in [0.2, 0.25) is 5.91 Å². The highest BCUT2D eigenvalue weighted by Gasteiger charge is 2.29. The fraction of sp³-hybridized carbons (Fsp3) is 0.529. The minimum absolute atomic E-state index is 0.221. The highest BCUT2D eigenvalue weighted by atomic mass is 16.5. The average Bonchev–Trinajstić information content (AvgIpc) is 3.23. The van der Waals surface area contributed by atoms with E-state index in [4.69, 9.17) is 4.74 Å². The Balaban J connectivity index is 1.55. The number of benzene rings is 1. The molecule has 1 atom stereocenters. The number of nitrogens with zero attached hydrogens (tertiary/aromatic N) is 1. The molecule has 3 amide bonds. The predicted molar refractivity (Wildman–Crippen MR) is 86.2 cm³/mol. The van der Waals surface area contributed by atoms with Crippen LogP contribution in [0.1, 0.15) is 37.3 Å². The standard InChI is InChI=1S/C17H23N3O3/c1-23-14-8-4-12(5-9-14)15-3-2-10-20(15)11-16(21)19-17(22)18-13-6-7-13/h4-5,8-9,13,15H,2-3,6-7,10-11H2,1H3,(H2,18,19,21,22). The molecule has 1 aliphatic carbocycles. The monoisotopic (exact) mass is 317 g/mol. The second-order valence-electron chi connectivity index (χ2n) is 6.20. The van der Waals surface area contributed by atoms with Gasteiger partial charge in [-0.1, -0.05) is 12.1 Å². The van der Waals surface area contributed by atoms with Crippen LogP contribution in [0.2, 0.25) is 0 Å². The van der Waals surface area contributed by atoms with E-state index in [-0.39, 0.29) is 30.6 Å². The molecule has 2 fully saturated rings. The maximum absolute atomic E-state index is 12.1. The number of rotatable bonds is 5. The third kappa shape index (κ3) is 4.22. The van der Waals surface area contributed by atoms with E-state index in [1.807, 2.05) is 24.3 Å². The number of amides is 3. The average molecular weight is 317 g/mol. The Morgan fingerprint density at radius 1 is 1.22 bits per heavy atom. The quantitative estimate of drug-likeness (QED) is 0.869. The maximum Gasteiger partial charge on any atom is 0.321 e. The molecule has 1 unspecified atom stereocenters. The van der Waals surface area contributed by atoms with Gasteiger partial charge in [-0.3, -0.25) is 15.0 Å². The zero-order valence-electron chi connectivity index (χ0n) is 13.4. The Hall–Kier alpha value is -2.08. The summed E-state index contributed by atoms with van der Waals surface area (Å²) in [5.41, 5.74) is 1.18. The first-order valence-electron chi connectivity index (χ1n) is 8.14. The van der Waals surface area contributed by atoms with E-state index in [2.05, 4.69) is 15.5 Å². The molecule has 124 valence electrons. The summed E-state index contributed by atoms with van der Waals surface area (Å²) >= 11 is 0.